The Hall–Kier alpha value is -2.12. The molecular formula is C27H30ClN. The maximum atomic E-state index is 6.53. The number of benzene rings is 2. The lowest BCUT2D eigenvalue weighted by atomic mass is 9.83. The van der Waals surface area contributed by atoms with E-state index in [1.165, 1.54) is 43.2 Å². The number of pyridine rings is 1. The Morgan fingerprint density at radius 2 is 1.45 bits per heavy atom. The van der Waals surface area contributed by atoms with Crippen molar-refractivity contribution in [2.24, 2.45) is 0 Å². The molecule has 0 radical (unpaired) electrons. The molecule has 0 unspecified atom stereocenters. The molecule has 29 heavy (non-hydrogen) atoms. The van der Waals surface area contributed by atoms with Crippen molar-refractivity contribution in [1.82, 2.24) is 4.98 Å². The summed E-state index contributed by atoms with van der Waals surface area (Å²) in [4.78, 5) is 4.59. The van der Waals surface area contributed by atoms with Crippen LogP contribution in [0.15, 0.2) is 60.8 Å². The predicted octanol–water partition coefficient (Wildman–Crippen LogP) is 8.41. The van der Waals surface area contributed by atoms with Gasteiger partial charge in [-0.15, -0.1) is 0 Å². The summed E-state index contributed by atoms with van der Waals surface area (Å²) in [6, 6.07) is 19.9. The minimum absolute atomic E-state index is 0.150. The summed E-state index contributed by atoms with van der Waals surface area (Å²) in [7, 11) is 0. The first-order valence-corrected chi connectivity index (χ1v) is 11.2. The first kappa shape index (κ1) is 20.2. The van der Waals surface area contributed by atoms with Crippen LogP contribution in [0, 0.1) is 0 Å². The topological polar surface area (TPSA) is 12.9 Å². The van der Waals surface area contributed by atoms with E-state index in [1.807, 2.05) is 0 Å². The summed E-state index contributed by atoms with van der Waals surface area (Å²) in [5.74, 6) is 0.725. The van der Waals surface area contributed by atoms with Crippen molar-refractivity contribution < 1.29 is 0 Å². The van der Waals surface area contributed by atoms with Crippen LogP contribution in [0.4, 0.5) is 0 Å². The molecule has 150 valence electrons. The average Bonchev–Trinajstić information content (AvgIpc) is 2.74. The quantitative estimate of drug-likeness (QED) is 0.427. The summed E-state index contributed by atoms with van der Waals surface area (Å²) >= 11 is 6.53. The van der Waals surface area contributed by atoms with E-state index in [1.54, 1.807) is 6.20 Å². The zero-order valence-corrected chi connectivity index (χ0v) is 18.5. The van der Waals surface area contributed by atoms with Gasteiger partial charge < -0.3 is 0 Å². The Bertz CT molecular complexity index is 959. The molecule has 1 aromatic heterocycles. The van der Waals surface area contributed by atoms with E-state index >= 15 is 0 Å². The molecular weight excluding hydrogens is 374 g/mol. The van der Waals surface area contributed by atoms with Gasteiger partial charge in [-0.25, -0.2) is 0 Å². The molecule has 1 aliphatic carbocycles. The lowest BCUT2D eigenvalue weighted by Gasteiger charge is -2.22. The minimum atomic E-state index is 0.150. The summed E-state index contributed by atoms with van der Waals surface area (Å²) in [6.07, 6.45) is 8.54. The summed E-state index contributed by atoms with van der Waals surface area (Å²) in [5.41, 5.74) is 7.23. The van der Waals surface area contributed by atoms with E-state index < -0.39 is 0 Å². The first-order chi connectivity index (χ1) is 13.9. The van der Waals surface area contributed by atoms with Gasteiger partial charge in [0.05, 0.1) is 10.7 Å². The molecule has 1 nitrogen and oxygen atoms in total. The Morgan fingerprint density at radius 1 is 0.828 bits per heavy atom. The molecule has 0 amide bonds. The zero-order chi connectivity index (χ0) is 20.4. The lowest BCUT2D eigenvalue weighted by molar-refractivity contribution is 0.443. The normalized spacial score (nSPS) is 15.4. The number of rotatable bonds is 3. The van der Waals surface area contributed by atoms with Crippen molar-refractivity contribution in [2.75, 3.05) is 0 Å². The second kappa shape index (κ2) is 8.32. The van der Waals surface area contributed by atoms with Crippen LogP contribution < -0.4 is 0 Å². The maximum Gasteiger partial charge on any atom is 0.0709 e. The standard InChI is InChI=1S/C27H30ClN/c1-27(2,3)23-15-13-22(14-16-23)26-17-24(25(28)18-29-26)21-11-9-20(10-12-21)19-7-5-4-6-8-19/h9-19H,4-8H2,1-3H3. The average molecular weight is 404 g/mol. The van der Waals surface area contributed by atoms with Gasteiger partial charge in [0.25, 0.3) is 0 Å². The monoisotopic (exact) mass is 403 g/mol. The van der Waals surface area contributed by atoms with E-state index in [0.717, 1.165) is 28.3 Å². The highest BCUT2D eigenvalue weighted by molar-refractivity contribution is 6.33. The molecule has 1 heterocycles. The number of hydrogen-bond donors (Lipinski definition) is 0. The van der Waals surface area contributed by atoms with Crippen LogP contribution in [0.1, 0.15) is 69.9 Å². The van der Waals surface area contributed by atoms with E-state index in [-0.39, 0.29) is 5.41 Å². The van der Waals surface area contributed by atoms with Crippen LogP contribution in [0.3, 0.4) is 0 Å². The Morgan fingerprint density at radius 3 is 2.07 bits per heavy atom. The fraction of sp³-hybridized carbons (Fsp3) is 0.370. The van der Waals surface area contributed by atoms with Gasteiger partial charge in [-0.05, 0) is 46.9 Å². The van der Waals surface area contributed by atoms with Gasteiger partial charge in [0.2, 0.25) is 0 Å². The van der Waals surface area contributed by atoms with Gasteiger partial charge in [-0.2, -0.15) is 0 Å². The maximum absolute atomic E-state index is 6.53. The molecule has 0 spiro atoms. The molecule has 0 atom stereocenters. The molecule has 0 bridgehead atoms. The lowest BCUT2D eigenvalue weighted by Crippen LogP contribution is -2.10. The first-order valence-electron chi connectivity index (χ1n) is 10.8. The highest BCUT2D eigenvalue weighted by Gasteiger charge is 2.16. The van der Waals surface area contributed by atoms with Crippen LogP contribution in [0.2, 0.25) is 5.02 Å². The van der Waals surface area contributed by atoms with Gasteiger partial charge in [-0.1, -0.05) is 100 Å². The SMILES string of the molecule is CC(C)(C)c1ccc(-c2cc(-c3ccc(C4CCCCC4)cc3)c(Cl)cn2)cc1. The van der Waals surface area contributed by atoms with Gasteiger partial charge >= 0.3 is 0 Å². The molecule has 1 aliphatic rings. The third kappa shape index (κ3) is 4.56. The molecule has 1 saturated carbocycles. The van der Waals surface area contributed by atoms with E-state index in [2.05, 4.69) is 80.4 Å². The third-order valence-electron chi connectivity index (χ3n) is 6.20. The molecule has 2 aromatic carbocycles. The van der Waals surface area contributed by atoms with Crippen LogP contribution >= 0.6 is 11.6 Å². The van der Waals surface area contributed by atoms with Crippen LogP contribution in [-0.4, -0.2) is 4.98 Å². The molecule has 2 heteroatoms. The number of halogens is 1. The van der Waals surface area contributed by atoms with Gasteiger partial charge in [0.15, 0.2) is 0 Å². The summed E-state index contributed by atoms with van der Waals surface area (Å²) < 4.78 is 0. The van der Waals surface area contributed by atoms with Crippen molar-refractivity contribution in [1.29, 1.82) is 0 Å². The second-order valence-corrected chi connectivity index (χ2v) is 9.74. The molecule has 1 fully saturated rings. The molecule has 4 rings (SSSR count). The van der Waals surface area contributed by atoms with Crippen molar-refractivity contribution in [2.45, 2.75) is 64.2 Å². The zero-order valence-electron chi connectivity index (χ0n) is 17.7. The van der Waals surface area contributed by atoms with Gasteiger partial charge in [0, 0.05) is 17.3 Å². The van der Waals surface area contributed by atoms with Crippen LogP contribution in [0.5, 0.6) is 0 Å². The van der Waals surface area contributed by atoms with E-state index in [9.17, 15) is 0 Å². The summed E-state index contributed by atoms with van der Waals surface area (Å²) in [5, 5.41) is 0.700. The van der Waals surface area contributed by atoms with E-state index in [0.29, 0.717) is 5.02 Å². The highest BCUT2D eigenvalue weighted by atomic mass is 35.5. The number of nitrogens with zero attached hydrogens (tertiary/aromatic N) is 1. The van der Waals surface area contributed by atoms with Crippen molar-refractivity contribution in [3.8, 4) is 22.4 Å². The minimum Gasteiger partial charge on any atom is -0.255 e. The molecule has 0 N–H and O–H groups in total. The Balaban J connectivity index is 1.61. The van der Waals surface area contributed by atoms with Crippen LogP contribution in [0.25, 0.3) is 22.4 Å². The predicted molar refractivity (Wildman–Crippen MR) is 125 cm³/mol. The van der Waals surface area contributed by atoms with Gasteiger partial charge in [0.1, 0.15) is 0 Å². The van der Waals surface area contributed by atoms with Crippen LogP contribution in [-0.2, 0) is 5.41 Å². The fourth-order valence-corrected chi connectivity index (χ4v) is 4.54. The number of aromatic nitrogens is 1. The van der Waals surface area contributed by atoms with Crippen molar-refractivity contribution in [3.63, 3.8) is 0 Å². The highest BCUT2D eigenvalue weighted by Crippen LogP contribution is 2.36. The summed E-state index contributed by atoms with van der Waals surface area (Å²) in [6.45, 7) is 6.70. The van der Waals surface area contributed by atoms with Crippen molar-refractivity contribution >= 4 is 11.6 Å². The Kier molecular flexibility index (Phi) is 5.79. The molecule has 3 aromatic rings. The fourth-order valence-electron chi connectivity index (χ4n) is 4.33. The second-order valence-electron chi connectivity index (χ2n) is 9.33. The van der Waals surface area contributed by atoms with Gasteiger partial charge in [-0.3, -0.25) is 4.98 Å². The number of hydrogen-bond acceptors (Lipinski definition) is 1. The van der Waals surface area contributed by atoms with E-state index in [4.69, 9.17) is 11.6 Å². The molecule has 0 aliphatic heterocycles. The smallest absolute Gasteiger partial charge is 0.0709 e. The largest absolute Gasteiger partial charge is 0.255 e. The Labute approximate surface area is 180 Å². The third-order valence-corrected chi connectivity index (χ3v) is 6.50. The van der Waals surface area contributed by atoms with Crippen molar-refractivity contribution in [3.05, 3.63) is 76.9 Å². The molecule has 0 saturated heterocycles.